The van der Waals surface area contributed by atoms with Gasteiger partial charge >= 0.3 is 0 Å². The lowest BCUT2D eigenvalue weighted by atomic mass is 10.0. The summed E-state index contributed by atoms with van der Waals surface area (Å²) in [5.41, 5.74) is -0.304. The molecule has 0 radical (unpaired) electrons. The molecule has 2 aromatic carbocycles. The van der Waals surface area contributed by atoms with Crippen LogP contribution < -0.4 is 0 Å². The zero-order valence-electron chi connectivity index (χ0n) is 12.2. The molecule has 0 saturated carbocycles. The summed E-state index contributed by atoms with van der Waals surface area (Å²) < 4.78 is 53.3. The van der Waals surface area contributed by atoms with Crippen molar-refractivity contribution in [1.29, 1.82) is 0 Å². The van der Waals surface area contributed by atoms with E-state index < -0.39 is 39.2 Å². The van der Waals surface area contributed by atoms with E-state index in [9.17, 15) is 22.3 Å². The molecule has 0 aliphatic carbocycles. The highest BCUT2D eigenvalue weighted by Gasteiger charge is 2.35. The molecule has 124 valence electrons. The third kappa shape index (κ3) is 3.71. The first-order chi connectivity index (χ1) is 10.8. The number of rotatable bonds is 5. The van der Waals surface area contributed by atoms with Crippen LogP contribution in [0.2, 0.25) is 5.02 Å². The van der Waals surface area contributed by atoms with Crippen molar-refractivity contribution in [2.24, 2.45) is 5.92 Å². The summed E-state index contributed by atoms with van der Waals surface area (Å²) in [6.45, 7) is 0.968. The summed E-state index contributed by atoms with van der Waals surface area (Å²) in [5.74, 6) is -2.41. The van der Waals surface area contributed by atoms with Crippen molar-refractivity contribution >= 4 is 21.4 Å². The number of aliphatic hydroxyl groups excluding tert-OH is 1. The average molecular weight is 361 g/mol. The molecule has 0 heterocycles. The van der Waals surface area contributed by atoms with Crippen LogP contribution in [-0.2, 0) is 9.84 Å². The Bertz CT molecular complexity index is 791. The molecule has 3 nitrogen and oxygen atoms in total. The normalized spacial score (nSPS) is 14.5. The molecular weight excluding hydrogens is 346 g/mol. The van der Waals surface area contributed by atoms with Gasteiger partial charge in [0.1, 0.15) is 11.6 Å². The lowest BCUT2D eigenvalue weighted by Gasteiger charge is -2.23. The van der Waals surface area contributed by atoms with Crippen LogP contribution in [0.15, 0.2) is 47.4 Å². The van der Waals surface area contributed by atoms with E-state index in [2.05, 4.69) is 0 Å². The zero-order valence-corrected chi connectivity index (χ0v) is 13.8. The van der Waals surface area contributed by atoms with Crippen LogP contribution >= 0.6 is 11.6 Å². The van der Waals surface area contributed by atoms with Crippen LogP contribution in [0.1, 0.15) is 17.7 Å². The minimum atomic E-state index is -4.05. The molecule has 0 amide bonds. The van der Waals surface area contributed by atoms with Crippen molar-refractivity contribution in [3.05, 3.63) is 64.7 Å². The van der Waals surface area contributed by atoms with Gasteiger partial charge < -0.3 is 5.11 Å². The van der Waals surface area contributed by atoms with Crippen molar-refractivity contribution in [2.45, 2.75) is 17.1 Å². The number of benzene rings is 2. The van der Waals surface area contributed by atoms with Crippen LogP contribution in [0, 0.1) is 17.6 Å². The second kappa shape index (κ2) is 6.95. The largest absolute Gasteiger partial charge is 0.396 e. The van der Waals surface area contributed by atoms with Crippen LogP contribution in [0.25, 0.3) is 0 Å². The molecule has 23 heavy (non-hydrogen) atoms. The third-order valence-corrected chi connectivity index (χ3v) is 6.11. The summed E-state index contributed by atoms with van der Waals surface area (Å²) >= 11 is 5.75. The first-order valence-corrected chi connectivity index (χ1v) is 8.75. The van der Waals surface area contributed by atoms with Gasteiger partial charge in [-0.05, 0) is 42.5 Å². The molecule has 0 unspecified atom stereocenters. The maximum atomic E-state index is 14.1. The predicted octanol–water partition coefficient (Wildman–Crippen LogP) is 3.76. The topological polar surface area (TPSA) is 54.4 Å². The predicted molar refractivity (Wildman–Crippen MR) is 84.0 cm³/mol. The maximum Gasteiger partial charge on any atom is 0.185 e. The van der Waals surface area contributed by atoms with E-state index in [-0.39, 0.29) is 10.5 Å². The third-order valence-electron chi connectivity index (χ3n) is 3.55. The summed E-state index contributed by atoms with van der Waals surface area (Å²) in [6.07, 6.45) is 0. The van der Waals surface area contributed by atoms with Gasteiger partial charge in [-0.3, -0.25) is 0 Å². The van der Waals surface area contributed by atoms with Crippen LogP contribution in [0.3, 0.4) is 0 Å². The molecule has 0 spiro atoms. The van der Waals surface area contributed by atoms with Crippen LogP contribution in [0.5, 0.6) is 0 Å². The van der Waals surface area contributed by atoms with Gasteiger partial charge in [0.2, 0.25) is 0 Å². The molecule has 0 aromatic heterocycles. The smallest absolute Gasteiger partial charge is 0.185 e. The molecule has 2 rings (SSSR count). The molecular formula is C16H15ClF2O3S. The first-order valence-electron chi connectivity index (χ1n) is 6.82. The summed E-state index contributed by atoms with van der Waals surface area (Å²) in [5, 5.41) is 8.32. The molecule has 0 aliphatic rings. The molecule has 0 saturated heterocycles. The van der Waals surface area contributed by atoms with Gasteiger partial charge in [-0.1, -0.05) is 18.5 Å². The minimum Gasteiger partial charge on any atom is -0.396 e. The molecule has 0 bridgehead atoms. The first kappa shape index (κ1) is 17.8. The fourth-order valence-corrected chi connectivity index (χ4v) is 4.53. The Morgan fingerprint density at radius 3 is 2.30 bits per heavy atom. The summed E-state index contributed by atoms with van der Waals surface area (Å²) in [6, 6.07) is 8.03. The molecule has 2 aromatic rings. The number of hydrogen-bond acceptors (Lipinski definition) is 3. The standard InChI is InChI=1S/C16H15ClF2O3S/c1-10(9-20)16(14-8-12(18)4-7-15(14)19)23(21,22)13-5-2-11(17)3-6-13/h2-8,10,16,20H,9H2,1H3/t10-,16-/m1/s1. The van der Waals surface area contributed by atoms with Crippen LogP contribution in [-0.4, -0.2) is 20.1 Å². The van der Waals surface area contributed by atoms with Crippen molar-refractivity contribution in [3.63, 3.8) is 0 Å². The van der Waals surface area contributed by atoms with Gasteiger partial charge in [0.15, 0.2) is 9.84 Å². The molecule has 1 N–H and O–H groups in total. The minimum absolute atomic E-state index is 0.0733. The van der Waals surface area contributed by atoms with Gasteiger partial charge in [0, 0.05) is 23.1 Å². The number of hydrogen-bond donors (Lipinski definition) is 1. The van der Waals surface area contributed by atoms with Gasteiger partial charge in [-0.15, -0.1) is 0 Å². The van der Waals surface area contributed by atoms with Gasteiger partial charge in [0.25, 0.3) is 0 Å². The summed E-state index contributed by atoms with van der Waals surface area (Å²) in [7, 11) is -4.05. The van der Waals surface area contributed by atoms with E-state index in [0.717, 1.165) is 18.2 Å². The maximum absolute atomic E-state index is 14.1. The Kier molecular flexibility index (Phi) is 5.39. The van der Waals surface area contributed by atoms with Crippen molar-refractivity contribution in [1.82, 2.24) is 0 Å². The Morgan fingerprint density at radius 1 is 1.13 bits per heavy atom. The zero-order chi connectivity index (χ0) is 17.2. The summed E-state index contributed by atoms with van der Waals surface area (Å²) in [4.78, 5) is -0.0733. The molecule has 0 fully saturated rings. The van der Waals surface area contributed by atoms with Crippen molar-refractivity contribution in [2.75, 3.05) is 6.61 Å². The van der Waals surface area contributed by atoms with Crippen molar-refractivity contribution < 1.29 is 22.3 Å². The molecule has 7 heteroatoms. The Balaban J connectivity index is 2.63. The Morgan fingerprint density at radius 2 is 1.74 bits per heavy atom. The van der Waals surface area contributed by atoms with Gasteiger partial charge in [-0.25, -0.2) is 17.2 Å². The van der Waals surface area contributed by atoms with E-state index in [1.807, 2.05) is 0 Å². The van der Waals surface area contributed by atoms with E-state index in [4.69, 9.17) is 11.6 Å². The van der Waals surface area contributed by atoms with E-state index >= 15 is 0 Å². The monoisotopic (exact) mass is 360 g/mol. The van der Waals surface area contributed by atoms with E-state index in [0.29, 0.717) is 5.02 Å². The Labute approximate surface area is 138 Å². The lowest BCUT2D eigenvalue weighted by Crippen LogP contribution is -2.24. The van der Waals surface area contributed by atoms with E-state index in [1.165, 1.54) is 31.2 Å². The van der Waals surface area contributed by atoms with Gasteiger partial charge in [-0.2, -0.15) is 0 Å². The van der Waals surface area contributed by atoms with Crippen molar-refractivity contribution in [3.8, 4) is 0 Å². The number of aliphatic hydroxyl groups is 1. The van der Waals surface area contributed by atoms with Crippen LogP contribution in [0.4, 0.5) is 8.78 Å². The SMILES string of the molecule is C[C@H](CO)[C@H](c1cc(F)ccc1F)S(=O)(=O)c1ccc(Cl)cc1. The quantitative estimate of drug-likeness (QED) is 0.883. The second-order valence-corrected chi connectivity index (χ2v) is 7.75. The fourth-order valence-electron chi connectivity index (χ4n) is 2.38. The highest BCUT2D eigenvalue weighted by molar-refractivity contribution is 7.91. The second-order valence-electron chi connectivity index (χ2n) is 5.25. The molecule has 2 atom stereocenters. The fraction of sp³-hybridized carbons (Fsp3) is 0.250. The lowest BCUT2D eigenvalue weighted by molar-refractivity contribution is 0.231. The highest BCUT2D eigenvalue weighted by atomic mass is 35.5. The number of halogens is 3. The Hall–Kier alpha value is -1.50. The van der Waals surface area contributed by atoms with Gasteiger partial charge in [0.05, 0.1) is 10.1 Å². The molecule has 0 aliphatic heterocycles. The van der Waals surface area contributed by atoms with E-state index in [1.54, 1.807) is 0 Å². The highest BCUT2D eigenvalue weighted by Crippen LogP contribution is 2.37. The number of sulfone groups is 1. The average Bonchev–Trinajstić information content (AvgIpc) is 2.51.